The summed E-state index contributed by atoms with van der Waals surface area (Å²) in [6.45, 7) is 1.85. The molecule has 1 N–H and O–H groups in total. The van der Waals surface area contributed by atoms with Crippen LogP contribution in [0.25, 0.3) is 0 Å². The molecular formula is C14H13ClFNO. The van der Waals surface area contributed by atoms with Crippen LogP contribution in [0.1, 0.15) is 22.9 Å². The fourth-order valence-electron chi connectivity index (χ4n) is 1.79. The van der Waals surface area contributed by atoms with Crippen molar-refractivity contribution >= 4 is 11.6 Å². The summed E-state index contributed by atoms with van der Waals surface area (Å²) in [5.74, 6) is -0.396. The van der Waals surface area contributed by atoms with Gasteiger partial charge in [-0.1, -0.05) is 17.7 Å². The van der Waals surface area contributed by atoms with E-state index in [0.717, 1.165) is 11.3 Å². The molecule has 0 saturated heterocycles. The zero-order chi connectivity index (χ0) is 13.1. The predicted octanol–water partition coefficient (Wildman–Crippen LogP) is 3.46. The number of halogens is 2. The van der Waals surface area contributed by atoms with E-state index < -0.39 is 11.9 Å². The van der Waals surface area contributed by atoms with Gasteiger partial charge in [0.25, 0.3) is 0 Å². The van der Waals surface area contributed by atoms with E-state index in [-0.39, 0.29) is 6.42 Å². The Bertz CT molecular complexity index is 559. The van der Waals surface area contributed by atoms with Gasteiger partial charge in [-0.2, -0.15) is 0 Å². The summed E-state index contributed by atoms with van der Waals surface area (Å²) in [7, 11) is 0. The molecule has 0 aliphatic carbocycles. The number of aliphatic hydroxyl groups is 1. The van der Waals surface area contributed by atoms with Crippen molar-refractivity contribution < 1.29 is 9.50 Å². The monoisotopic (exact) mass is 265 g/mol. The molecule has 0 fully saturated rings. The van der Waals surface area contributed by atoms with Gasteiger partial charge >= 0.3 is 0 Å². The van der Waals surface area contributed by atoms with Crippen LogP contribution in [0.2, 0.25) is 5.02 Å². The average molecular weight is 266 g/mol. The largest absolute Gasteiger partial charge is 0.388 e. The van der Waals surface area contributed by atoms with E-state index in [4.69, 9.17) is 11.6 Å². The van der Waals surface area contributed by atoms with Crippen LogP contribution in [0.15, 0.2) is 36.5 Å². The first-order chi connectivity index (χ1) is 8.56. The second kappa shape index (κ2) is 5.46. The van der Waals surface area contributed by atoms with E-state index >= 15 is 0 Å². The van der Waals surface area contributed by atoms with Gasteiger partial charge in [0, 0.05) is 23.3 Å². The predicted molar refractivity (Wildman–Crippen MR) is 69.0 cm³/mol. The smallest absolute Gasteiger partial charge is 0.127 e. The van der Waals surface area contributed by atoms with Gasteiger partial charge in [-0.15, -0.1) is 0 Å². The first-order valence-electron chi connectivity index (χ1n) is 5.61. The molecule has 0 amide bonds. The van der Waals surface area contributed by atoms with E-state index in [9.17, 15) is 9.50 Å². The molecule has 4 heteroatoms. The molecule has 1 aromatic carbocycles. The molecule has 0 aliphatic rings. The molecule has 0 saturated carbocycles. The normalized spacial score (nSPS) is 12.4. The van der Waals surface area contributed by atoms with Crippen LogP contribution >= 0.6 is 11.6 Å². The number of benzene rings is 1. The van der Waals surface area contributed by atoms with Gasteiger partial charge in [0.1, 0.15) is 5.82 Å². The van der Waals surface area contributed by atoms with Gasteiger partial charge < -0.3 is 5.11 Å². The third-order valence-electron chi connectivity index (χ3n) is 2.73. The number of aromatic nitrogens is 1. The number of aryl methyl sites for hydroxylation is 1. The lowest BCUT2D eigenvalue weighted by Gasteiger charge is -2.12. The summed E-state index contributed by atoms with van der Waals surface area (Å²) < 4.78 is 13.6. The summed E-state index contributed by atoms with van der Waals surface area (Å²) in [6.07, 6.45) is 1.10. The Kier molecular flexibility index (Phi) is 3.94. The topological polar surface area (TPSA) is 33.1 Å². The maximum atomic E-state index is 13.6. The van der Waals surface area contributed by atoms with Gasteiger partial charge in [0.2, 0.25) is 0 Å². The zero-order valence-corrected chi connectivity index (χ0v) is 10.7. The van der Waals surface area contributed by atoms with Gasteiger partial charge in [-0.25, -0.2) is 4.39 Å². The first-order valence-corrected chi connectivity index (χ1v) is 5.98. The molecule has 2 rings (SSSR count). The van der Waals surface area contributed by atoms with Crippen molar-refractivity contribution in [3.05, 3.63) is 64.2 Å². The number of hydrogen-bond donors (Lipinski definition) is 1. The number of aliphatic hydroxyl groups excluding tert-OH is 1. The summed E-state index contributed by atoms with van der Waals surface area (Å²) >= 11 is 5.68. The summed E-state index contributed by atoms with van der Waals surface area (Å²) in [6, 6.07) is 7.98. The van der Waals surface area contributed by atoms with Crippen LogP contribution < -0.4 is 0 Å². The zero-order valence-electron chi connectivity index (χ0n) is 9.90. The maximum Gasteiger partial charge on any atom is 0.127 e. The molecule has 2 aromatic rings. The molecule has 1 aromatic heterocycles. The van der Waals surface area contributed by atoms with Gasteiger partial charge in [0.15, 0.2) is 0 Å². The molecule has 18 heavy (non-hydrogen) atoms. The van der Waals surface area contributed by atoms with Crippen molar-refractivity contribution in [1.29, 1.82) is 0 Å². The van der Waals surface area contributed by atoms with Gasteiger partial charge in [-0.05, 0) is 42.3 Å². The SMILES string of the molecule is Cc1cc(C(O)Cc2ccc(Cl)cc2F)ccn1. The maximum absolute atomic E-state index is 13.6. The van der Waals surface area contributed by atoms with E-state index in [0.29, 0.717) is 10.6 Å². The Balaban J connectivity index is 2.18. The Morgan fingerprint density at radius 3 is 2.78 bits per heavy atom. The highest BCUT2D eigenvalue weighted by Crippen LogP contribution is 2.22. The number of pyridine rings is 1. The fourth-order valence-corrected chi connectivity index (χ4v) is 1.95. The van der Waals surface area contributed by atoms with E-state index in [1.807, 2.05) is 6.92 Å². The highest BCUT2D eigenvalue weighted by molar-refractivity contribution is 6.30. The third-order valence-corrected chi connectivity index (χ3v) is 2.97. The van der Waals surface area contributed by atoms with Crippen molar-refractivity contribution in [2.75, 3.05) is 0 Å². The lowest BCUT2D eigenvalue weighted by molar-refractivity contribution is 0.177. The Labute approximate surface area is 110 Å². The Morgan fingerprint density at radius 1 is 1.33 bits per heavy atom. The summed E-state index contributed by atoms with van der Waals surface area (Å²) in [5.41, 5.74) is 2.00. The summed E-state index contributed by atoms with van der Waals surface area (Å²) in [4.78, 5) is 4.06. The van der Waals surface area contributed by atoms with Gasteiger partial charge in [0.05, 0.1) is 6.10 Å². The average Bonchev–Trinajstić information content (AvgIpc) is 2.32. The van der Waals surface area contributed by atoms with Crippen LogP contribution in [0.4, 0.5) is 4.39 Å². The lowest BCUT2D eigenvalue weighted by Crippen LogP contribution is -2.04. The molecule has 0 bridgehead atoms. The molecule has 1 heterocycles. The van der Waals surface area contributed by atoms with Crippen LogP contribution in [0, 0.1) is 12.7 Å². The second-order valence-electron chi connectivity index (χ2n) is 4.19. The molecule has 94 valence electrons. The third kappa shape index (κ3) is 3.06. The lowest BCUT2D eigenvalue weighted by atomic mass is 10.0. The number of rotatable bonds is 3. The van der Waals surface area contributed by atoms with Crippen LogP contribution in [0.5, 0.6) is 0 Å². The second-order valence-corrected chi connectivity index (χ2v) is 4.62. The highest BCUT2D eigenvalue weighted by atomic mass is 35.5. The molecule has 1 unspecified atom stereocenters. The number of nitrogens with zero attached hydrogens (tertiary/aromatic N) is 1. The van der Waals surface area contributed by atoms with E-state index in [1.54, 1.807) is 30.5 Å². The Hall–Kier alpha value is -1.45. The fraction of sp³-hybridized carbons (Fsp3) is 0.214. The van der Waals surface area contributed by atoms with Crippen molar-refractivity contribution in [1.82, 2.24) is 4.98 Å². The van der Waals surface area contributed by atoms with Crippen LogP contribution in [0.3, 0.4) is 0 Å². The molecule has 0 aliphatic heterocycles. The van der Waals surface area contributed by atoms with Crippen molar-refractivity contribution in [3.8, 4) is 0 Å². The quantitative estimate of drug-likeness (QED) is 0.922. The van der Waals surface area contributed by atoms with Crippen LogP contribution in [-0.2, 0) is 6.42 Å². The van der Waals surface area contributed by atoms with E-state index in [2.05, 4.69) is 4.98 Å². The van der Waals surface area contributed by atoms with Crippen molar-refractivity contribution in [2.45, 2.75) is 19.4 Å². The minimum absolute atomic E-state index is 0.215. The molecular weight excluding hydrogens is 253 g/mol. The standard InChI is InChI=1S/C14H13ClFNO/c1-9-6-11(4-5-17-9)14(18)7-10-2-3-12(15)8-13(10)16/h2-6,8,14,18H,7H2,1H3. The Morgan fingerprint density at radius 2 is 2.11 bits per heavy atom. The minimum atomic E-state index is -0.748. The highest BCUT2D eigenvalue weighted by Gasteiger charge is 2.12. The molecule has 0 spiro atoms. The first kappa shape index (κ1) is 13.0. The van der Waals surface area contributed by atoms with Crippen LogP contribution in [-0.4, -0.2) is 10.1 Å². The van der Waals surface area contributed by atoms with Crippen molar-refractivity contribution in [3.63, 3.8) is 0 Å². The molecule has 2 nitrogen and oxygen atoms in total. The number of hydrogen-bond acceptors (Lipinski definition) is 2. The molecule has 1 atom stereocenters. The van der Waals surface area contributed by atoms with Crippen molar-refractivity contribution in [2.24, 2.45) is 0 Å². The summed E-state index contributed by atoms with van der Waals surface area (Å²) in [5, 5.41) is 10.4. The minimum Gasteiger partial charge on any atom is -0.388 e. The molecule has 0 radical (unpaired) electrons. The van der Waals surface area contributed by atoms with Gasteiger partial charge in [-0.3, -0.25) is 4.98 Å². The van der Waals surface area contributed by atoms with E-state index in [1.165, 1.54) is 6.07 Å².